The SMILES string of the molecule is Cc1cc(Cl)c(N)cc1S(=O)(=O)NCc1cccc(Cl)c1. The Kier molecular flexibility index (Phi) is 4.78. The third kappa shape index (κ3) is 3.89. The monoisotopic (exact) mass is 344 g/mol. The Bertz CT molecular complexity index is 777. The highest BCUT2D eigenvalue weighted by atomic mass is 35.5. The van der Waals surface area contributed by atoms with Crippen molar-refractivity contribution in [2.45, 2.75) is 18.4 Å². The van der Waals surface area contributed by atoms with E-state index in [1.54, 1.807) is 31.2 Å². The lowest BCUT2D eigenvalue weighted by Gasteiger charge is -2.11. The molecule has 0 atom stereocenters. The molecule has 0 heterocycles. The van der Waals surface area contributed by atoms with Crippen molar-refractivity contribution < 1.29 is 8.42 Å². The van der Waals surface area contributed by atoms with Gasteiger partial charge in [0.15, 0.2) is 0 Å². The topological polar surface area (TPSA) is 72.2 Å². The molecule has 0 aliphatic rings. The first kappa shape index (κ1) is 16.1. The predicted octanol–water partition coefficient (Wildman–Crippen LogP) is 3.36. The number of aryl methyl sites for hydroxylation is 1. The summed E-state index contributed by atoms with van der Waals surface area (Å²) in [6, 6.07) is 9.87. The van der Waals surface area contributed by atoms with Crippen LogP contribution in [0.25, 0.3) is 0 Å². The molecule has 0 unspecified atom stereocenters. The average Bonchev–Trinajstić information content (AvgIpc) is 2.41. The number of anilines is 1. The third-order valence-electron chi connectivity index (χ3n) is 2.94. The molecule has 0 spiro atoms. The minimum Gasteiger partial charge on any atom is -0.397 e. The number of nitrogen functional groups attached to an aromatic ring is 1. The maximum Gasteiger partial charge on any atom is 0.241 e. The van der Waals surface area contributed by atoms with E-state index in [0.29, 0.717) is 15.6 Å². The van der Waals surface area contributed by atoms with Gasteiger partial charge < -0.3 is 5.73 Å². The zero-order chi connectivity index (χ0) is 15.6. The average molecular weight is 345 g/mol. The summed E-state index contributed by atoms with van der Waals surface area (Å²) >= 11 is 11.7. The molecule has 0 aromatic heterocycles. The normalized spacial score (nSPS) is 11.6. The minimum absolute atomic E-state index is 0.117. The lowest BCUT2D eigenvalue weighted by molar-refractivity contribution is 0.580. The van der Waals surface area contributed by atoms with Crippen LogP contribution in [0.3, 0.4) is 0 Å². The first-order chi connectivity index (χ1) is 9.79. The van der Waals surface area contributed by atoms with Gasteiger partial charge in [0, 0.05) is 11.6 Å². The number of sulfonamides is 1. The van der Waals surface area contributed by atoms with Crippen LogP contribution in [-0.4, -0.2) is 8.42 Å². The van der Waals surface area contributed by atoms with E-state index in [1.807, 2.05) is 0 Å². The second kappa shape index (κ2) is 6.23. The Hall–Kier alpha value is -1.27. The summed E-state index contributed by atoms with van der Waals surface area (Å²) in [5, 5.41) is 0.889. The Labute approximate surface area is 133 Å². The van der Waals surface area contributed by atoms with Gasteiger partial charge in [0.25, 0.3) is 0 Å². The van der Waals surface area contributed by atoms with Crippen LogP contribution >= 0.6 is 23.2 Å². The number of benzene rings is 2. The fourth-order valence-corrected chi connectivity index (χ4v) is 3.57. The number of halogens is 2. The van der Waals surface area contributed by atoms with Crippen molar-refractivity contribution in [3.63, 3.8) is 0 Å². The molecule has 0 saturated heterocycles. The van der Waals surface area contributed by atoms with Crippen molar-refractivity contribution >= 4 is 38.9 Å². The Morgan fingerprint density at radius 2 is 1.90 bits per heavy atom. The maximum absolute atomic E-state index is 12.3. The molecule has 2 aromatic rings. The van der Waals surface area contributed by atoms with Gasteiger partial charge in [0.1, 0.15) is 0 Å². The highest BCUT2D eigenvalue weighted by Crippen LogP contribution is 2.26. The first-order valence-corrected chi connectivity index (χ1v) is 8.33. The molecule has 7 heteroatoms. The third-order valence-corrected chi connectivity index (χ3v) is 5.04. The van der Waals surface area contributed by atoms with E-state index in [2.05, 4.69) is 4.72 Å². The second-order valence-electron chi connectivity index (χ2n) is 4.59. The Morgan fingerprint density at radius 1 is 1.19 bits per heavy atom. The number of nitrogens with two attached hydrogens (primary N) is 1. The second-order valence-corrected chi connectivity index (χ2v) is 7.17. The number of hydrogen-bond donors (Lipinski definition) is 2. The van der Waals surface area contributed by atoms with E-state index in [0.717, 1.165) is 5.56 Å². The summed E-state index contributed by atoms with van der Waals surface area (Å²) in [6.45, 7) is 1.81. The summed E-state index contributed by atoms with van der Waals surface area (Å²) in [7, 11) is -3.67. The van der Waals surface area contributed by atoms with Gasteiger partial charge in [-0.1, -0.05) is 35.3 Å². The van der Waals surface area contributed by atoms with Crippen molar-refractivity contribution in [3.05, 3.63) is 57.6 Å². The summed E-state index contributed by atoms with van der Waals surface area (Å²) in [5.41, 5.74) is 7.20. The molecule has 112 valence electrons. The molecule has 0 aliphatic carbocycles. The molecule has 21 heavy (non-hydrogen) atoms. The Morgan fingerprint density at radius 3 is 2.57 bits per heavy atom. The van der Waals surface area contributed by atoms with Crippen LogP contribution in [-0.2, 0) is 16.6 Å². The van der Waals surface area contributed by atoms with Crippen LogP contribution in [0.4, 0.5) is 5.69 Å². The van der Waals surface area contributed by atoms with E-state index in [1.165, 1.54) is 12.1 Å². The molecule has 3 N–H and O–H groups in total. The van der Waals surface area contributed by atoms with Gasteiger partial charge in [0.2, 0.25) is 10.0 Å². The predicted molar refractivity (Wildman–Crippen MR) is 86.1 cm³/mol. The van der Waals surface area contributed by atoms with E-state index in [9.17, 15) is 8.42 Å². The van der Waals surface area contributed by atoms with E-state index >= 15 is 0 Å². The van der Waals surface area contributed by atoms with Crippen LogP contribution < -0.4 is 10.5 Å². The van der Waals surface area contributed by atoms with Gasteiger partial charge in [-0.15, -0.1) is 0 Å². The highest BCUT2D eigenvalue weighted by Gasteiger charge is 2.18. The van der Waals surface area contributed by atoms with Crippen molar-refractivity contribution in [1.29, 1.82) is 0 Å². The zero-order valence-electron chi connectivity index (χ0n) is 11.2. The quantitative estimate of drug-likeness (QED) is 0.835. The summed E-state index contributed by atoms with van der Waals surface area (Å²) in [4.78, 5) is 0.117. The van der Waals surface area contributed by atoms with Gasteiger partial charge in [-0.05, 0) is 42.3 Å². The maximum atomic E-state index is 12.3. The fourth-order valence-electron chi connectivity index (χ4n) is 1.86. The summed E-state index contributed by atoms with van der Waals surface area (Å²) in [6.07, 6.45) is 0. The standard InChI is InChI=1S/C14H14Cl2N2O2S/c1-9-5-12(16)13(17)7-14(9)21(19,20)18-8-10-3-2-4-11(15)6-10/h2-7,18H,8,17H2,1H3. The van der Waals surface area contributed by atoms with Crippen molar-refractivity contribution in [2.75, 3.05) is 5.73 Å². The molecule has 0 fully saturated rings. The molecule has 0 aliphatic heterocycles. The van der Waals surface area contributed by atoms with Crippen molar-refractivity contribution in [3.8, 4) is 0 Å². The number of rotatable bonds is 4. The van der Waals surface area contributed by atoms with E-state index in [4.69, 9.17) is 28.9 Å². The Balaban J connectivity index is 2.25. The number of nitrogens with one attached hydrogen (secondary N) is 1. The molecule has 2 rings (SSSR count). The van der Waals surface area contributed by atoms with Gasteiger partial charge in [-0.3, -0.25) is 0 Å². The first-order valence-electron chi connectivity index (χ1n) is 6.09. The largest absolute Gasteiger partial charge is 0.397 e. The molecule has 2 aromatic carbocycles. The van der Waals surface area contributed by atoms with Crippen LogP contribution in [0.15, 0.2) is 41.3 Å². The summed E-state index contributed by atoms with van der Waals surface area (Å²) < 4.78 is 27.2. The molecule has 0 amide bonds. The zero-order valence-corrected chi connectivity index (χ0v) is 13.6. The lowest BCUT2D eigenvalue weighted by Crippen LogP contribution is -2.24. The smallest absolute Gasteiger partial charge is 0.241 e. The van der Waals surface area contributed by atoms with E-state index < -0.39 is 10.0 Å². The van der Waals surface area contributed by atoms with Gasteiger partial charge in [0.05, 0.1) is 15.6 Å². The minimum atomic E-state index is -3.67. The van der Waals surface area contributed by atoms with E-state index in [-0.39, 0.29) is 17.1 Å². The van der Waals surface area contributed by atoms with Gasteiger partial charge in [-0.2, -0.15) is 0 Å². The van der Waals surface area contributed by atoms with Crippen LogP contribution in [0.5, 0.6) is 0 Å². The lowest BCUT2D eigenvalue weighted by atomic mass is 10.2. The fraction of sp³-hybridized carbons (Fsp3) is 0.143. The molecule has 4 nitrogen and oxygen atoms in total. The molecule has 0 saturated carbocycles. The van der Waals surface area contributed by atoms with Crippen molar-refractivity contribution in [1.82, 2.24) is 4.72 Å². The molecule has 0 radical (unpaired) electrons. The summed E-state index contributed by atoms with van der Waals surface area (Å²) in [5.74, 6) is 0. The highest BCUT2D eigenvalue weighted by molar-refractivity contribution is 7.89. The van der Waals surface area contributed by atoms with Gasteiger partial charge >= 0.3 is 0 Å². The number of hydrogen-bond acceptors (Lipinski definition) is 3. The molecule has 0 bridgehead atoms. The van der Waals surface area contributed by atoms with Crippen LogP contribution in [0.1, 0.15) is 11.1 Å². The van der Waals surface area contributed by atoms with Gasteiger partial charge in [-0.25, -0.2) is 13.1 Å². The molecular formula is C14H14Cl2N2O2S. The van der Waals surface area contributed by atoms with Crippen LogP contribution in [0, 0.1) is 6.92 Å². The van der Waals surface area contributed by atoms with Crippen LogP contribution in [0.2, 0.25) is 10.0 Å². The van der Waals surface area contributed by atoms with Crippen molar-refractivity contribution in [2.24, 2.45) is 0 Å². The molecular weight excluding hydrogens is 331 g/mol.